The normalized spacial score (nSPS) is 18.2. The minimum atomic E-state index is -0.302. The Hall–Kier alpha value is -4.01. The first kappa shape index (κ1) is 26.9. The molecule has 3 N–H and O–H groups in total. The summed E-state index contributed by atoms with van der Waals surface area (Å²) in [6, 6.07) is 15.2. The SMILES string of the molecule is O=C(NC1CCCC1)c1cc(-c2c(-c3ccc(F)cc3)nn3c(NC4CCCC4)cccc23)nc(NC2CCCC2)n1. The highest BCUT2D eigenvalue weighted by molar-refractivity contribution is 5.97. The van der Waals surface area contributed by atoms with Crippen molar-refractivity contribution in [1.82, 2.24) is 24.9 Å². The van der Waals surface area contributed by atoms with Gasteiger partial charge < -0.3 is 16.0 Å². The number of aromatic nitrogens is 4. The van der Waals surface area contributed by atoms with Gasteiger partial charge in [0.15, 0.2) is 0 Å². The highest BCUT2D eigenvalue weighted by Gasteiger charge is 2.26. The van der Waals surface area contributed by atoms with Gasteiger partial charge in [-0.3, -0.25) is 4.79 Å². The molecular formula is C33H38FN7O. The fourth-order valence-corrected chi connectivity index (χ4v) is 6.86. The molecule has 0 aliphatic heterocycles. The van der Waals surface area contributed by atoms with Crippen LogP contribution in [0.15, 0.2) is 48.5 Å². The lowest BCUT2D eigenvalue weighted by Crippen LogP contribution is -2.33. The Morgan fingerprint density at radius 3 is 2.12 bits per heavy atom. The topological polar surface area (TPSA) is 96.2 Å². The average molecular weight is 568 g/mol. The molecule has 0 saturated heterocycles. The monoisotopic (exact) mass is 567 g/mol. The van der Waals surface area contributed by atoms with Crippen molar-refractivity contribution < 1.29 is 9.18 Å². The average Bonchev–Trinajstić information content (AvgIpc) is 3.82. The minimum Gasteiger partial charge on any atom is -0.367 e. The van der Waals surface area contributed by atoms with Crippen molar-refractivity contribution in [2.45, 2.75) is 95.2 Å². The van der Waals surface area contributed by atoms with Crippen molar-refractivity contribution in [1.29, 1.82) is 0 Å². The standard InChI is InChI=1S/C33H38FN7O/c34-22-18-16-21(17-19-22)31-30(28-14-7-15-29(41(28)40-31)35-23-8-1-2-9-23)26-20-27(32(42)36-24-10-3-4-11-24)39-33(38-26)37-25-12-5-6-13-25/h7,14-20,23-25,35H,1-6,8-13H2,(H,36,42)(H,37,38,39). The third kappa shape index (κ3) is 5.56. The van der Waals surface area contributed by atoms with E-state index in [4.69, 9.17) is 15.1 Å². The van der Waals surface area contributed by atoms with E-state index in [1.807, 2.05) is 22.7 Å². The predicted molar refractivity (Wildman–Crippen MR) is 163 cm³/mol. The molecular weight excluding hydrogens is 529 g/mol. The number of amides is 1. The second kappa shape index (κ2) is 11.7. The molecule has 1 aromatic carbocycles. The fourth-order valence-electron chi connectivity index (χ4n) is 6.86. The van der Waals surface area contributed by atoms with E-state index in [0.717, 1.165) is 73.8 Å². The maximum absolute atomic E-state index is 14.0. The van der Waals surface area contributed by atoms with Gasteiger partial charge in [0.2, 0.25) is 5.95 Å². The summed E-state index contributed by atoms with van der Waals surface area (Å²) in [6.07, 6.45) is 13.4. The van der Waals surface area contributed by atoms with Gasteiger partial charge in [-0.05, 0) is 81.0 Å². The van der Waals surface area contributed by atoms with E-state index in [1.165, 1.54) is 37.8 Å². The van der Waals surface area contributed by atoms with Gasteiger partial charge >= 0.3 is 0 Å². The summed E-state index contributed by atoms with van der Waals surface area (Å²) < 4.78 is 15.9. The minimum absolute atomic E-state index is 0.177. The molecule has 3 fully saturated rings. The number of fused-ring (bicyclic) bond motifs is 1. The molecule has 3 aliphatic carbocycles. The Balaban J connectivity index is 1.37. The predicted octanol–water partition coefficient (Wildman–Crippen LogP) is 6.98. The van der Waals surface area contributed by atoms with Crippen molar-refractivity contribution in [3.63, 3.8) is 0 Å². The van der Waals surface area contributed by atoms with Crippen molar-refractivity contribution in [3.05, 3.63) is 60.0 Å². The fraction of sp³-hybridized carbons (Fsp3) is 0.455. The van der Waals surface area contributed by atoms with Crippen molar-refractivity contribution in [2.24, 2.45) is 0 Å². The number of halogens is 1. The van der Waals surface area contributed by atoms with E-state index >= 15 is 0 Å². The lowest BCUT2D eigenvalue weighted by Gasteiger charge is -2.16. The first-order valence-electron chi connectivity index (χ1n) is 15.6. The van der Waals surface area contributed by atoms with E-state index in [0.29, 0.717) is 29.1 Å². The van der Waals surface area contributed by atoms with E-state index < -0.39 is 0 Å². The molecule has 9 heteroatoms. The third-order valence-corrected chi connectivity index (χ3v) is 9.08. The Kier molecular flexibility index (Phi) is 7.48. The summed E-state index contributed by atoms with van der Waals surface area (Å²) in [6.45, 7) is 0. The zero-order chi connectivity index (χ0) is 28.5. The van der Waals surface area contributed by atoms with E-state index in [9.17, 15) is 9.18 Å². The lowest BCUT2D eigenvalue weighted by atomic mass is 10.0. The van der Waals surface area contributed by atoms with Crippen LogP contribution in [0.5, 0.6) is 0 Å². The maximum atomic E-state index is 14.0. The van der Waals surface area contributed by atoms with Crippen LogP contribution >= 0.6 is 0 Å². The Labute approximate surface area is 245 Å². The van der Waals surface area contributed by atoms with Crippen molar-refractivity contribution in [3.8, 4) is 22.5 Å². The summed E-state index contributed by atoms with van der Waals surface area (Å²) in [5.41, 5.74) is 4.09. The van der Waals surface area contributed by atoms with Crippen LogP contribution < -0.4 is 16.0 Å². The van der Waals surface area contributed by atoms with Gasteiger partial charge in [-0.2, -0.15) is 5.10 Å². The van der Waals surface area contributed by atoms with Gasteiger partial charge in [0, 0.05) is 23.7 Å². The van der Waals surface area contributed by atoms with Gasteiger partial charge in [0.25, 0.3) is 5.91 Å². The molecule has 0 bridgehead atoms. The van der Waals surface area contributed by atoms with Crippen LogP contribution in [0.1, 0.15) is 87.5 Å². The number of hydrogen-bond donors (Lipinski definition) is 3. The second-order valence-corrected chi connectivity index (χ2v) is 12.1. The van der Waals surface area contributed by atoms with Gasteiger partial charge in [0.1, 0.15) is 23.0 Å². The Morgan fingerprint density at radius 2 is 1.43 bits per heavy atom. The molecule has 4 aromatic rings. The highest BCUT2D eigenvalue weighted by atomic mass is 19.1. The maximum Gasteiger partial charge on any atom is 0.270 e. The van der Waals surface area contributed by atoms with Crippen LogP contribution in [0.4, 0.5) is 16.2 Å². The lowest BCUT2D eigenvalue weighted by molar-refractivity contribution is 0.0933. The Morgan fingerprint density at radius 1 is 0.786 bits per heavy atom. The smallest absolute Gasteiger partial charge is 0.270 e. The van der Waals surface area contributed by atoms with Crippen LogP contribution in [0.25, 0.3) is 28.0 Å². The summed E-state index contributed by atoms with van der Waals surface area (Å²) in [5.74, 6) is 0.888. The third-order valence-electron chi connectivity index (χ3n) is 9.08. The molecule has 1 amide bonds. The molecule has 218 valence electrons. The molecule has 7 rings (SSSR count). The molecule has 0 spiro atoms. The molecule has 0 atom stereocenters. The molecule has 0 radical (unpaired) electrons. The zero-order valence-corrected chi connectivity index (χ0v) is 23.9. The van der Waals surface area contributed by atoms with Crippen LogP contribution in [-0.2, 0) is 0 Å². The summed E-state index contributed by atoms with van der Waals surface area (Å²) >= 11 is 0. The molecule has 8 nitrogen and oxygen atoms in total. The van der Waals surface area contributed by atoms with E-state index in [-0.39, 0.29) is 23.8 Å². The molecule has 0 unspecified atom stereocenters. The molecule has 3 heterocycles. The quantitative estimate of drug-likeness (QED) is 0.213. The van der Waals surface area contributed by atoms with Gasteiger partial charge in [-0.1, -0.05) is 44.6 Å². The number of benzene rings is 1. The highest BCUT2D eigenvalue weighted by Crippen LogP contribution is 2.37. The van der Waals surface area contributed by atoms with Crippen molar-refractivity contribution in [2.75, 3.05) is 10.6 Å². The number of hydrogen-bond acceptors (Lipinski definition) is 6. The van der Waals surface area contributed by atoms with Gasteiger partial charge in [-0.15, -0.1) is 0 Å². The summed E-state index contributed by atoms with van der Waals surface area (Å²) in [4.78, 5) is 23.2. The zero-order valence-electron chi connectivity index (χ0n) is 23.9. The van der Waals surface area contributed by atoms with Crippen LogP contribution in [-0.4, -0.2) is 43.6 Å². The first-order valence-corrected chi connectivity index (χ1v) is 15.6. The summed E-state index contributed by atoms with van der Waals surface area (Å²) in [7, 11) is 0. The van der Waals surface area contributed by atoms with E-state index in [2.05, 4.69) is 16.0 Å². The largest absolute Gasteiger partial charge is 0.367 e. The first-order chi connectivity index (χ1) is 20.6. The molecule has 3 aliphatic rings. The number of carbonyl (C=O) groups excluding carboxylic acids is 1. The number of anilines is 2. The number of carbonyl (C=O) groups is 1. The van der Waals surface area contributed by atoms with Gasteiger partial charge in [0.05, 0.1) is 16.8 Å². The molecule has 3 saturated carbocycles. The van der Waals surface area contributed by atoms with Crippen molar-refractivity contribution >= 4 is 23.2 Å². The van der Waals surface area contributed by atoms with Gasteiger partial charge in [-0.25, -0.2) is 18.9 Å². The van der Waals surface area contributed by atoms with Crippen LogP contribution in [0.3, 0.4) is 0 Å². The van der Waals surface area contributed by atoms with Crippen LogP contribution in [0, 0.1) is 5.82 Å². The number of nitrogens with one attached hydrogen (secondary N) is 3. The number of nitrogens with zero attached hydrogens (tertiary/aromatic N) is 4. The Bertz CT molecular complexity index is 1570. The molecule has 3 aromatic heterocycles. The number of pyridine rings is 1. The number of rotatable bonds is 8. The van der Waals surface area contributed by atoms with Crippen LogP contribution in [0.2, 0.25) is 0 Å². The summed E-state index contributed by atoms with van der Waals surface area (Å²) in [5, 5.41) is 15.5. The van der Waals surface area contributed by atoms with E-state index in [1.54, 1.807) is 18.2 Å². The molecule has 42 heavy (non-hydrogen) atoms. The second-order valence-electron chi connectivity index (χ2n) is 12.1.